The SMILES string of the molecule is CCC1SCCSC1c1noc(C2CCC(CN)CC2)n1. The second kappa shape index (κ2) is 7.38. The van der Waals surface area contributed by atoms with Gasteiger partial charge < -0.3 is 10.3 Å². The molecule has 1 aromatic heterocycles. The Bertz CT molecular complexity index is 446. The molecule has 21 heavy (non-hydrogen) atoms. The first-order valence-electron chi connectivity index (χ1n) is 8.08. The number of nitrogens with zero attached hydrogens (tertiary/aromatic N) is 2. The molecule has 3 rings (SSSR count). The second-order valence-corrected chi connectivity index (χ2v) is 8.65. The Hall–Kier alpha value is -0.200. The van der Waals surface area contributed by atoms with Gasteiger partial charge in [0.2, 0.25) is 5.89 Å². The molecule has 1 saturated heterocycles. The van der Waals surface area contributed by atoms with E-state index in [1.807, 2.05) is 11.8 Å². The summed E-state index contributed by atoms with van der Waals surface area (Å²) >= 11 is 4.05. The van der Waals surface area contributed by atoms with Gasteiger partial charge >= 0.3 is 0 Å². The van der Waals surface area contributed by atoms with Crippen LogP contribution in [0.25, 0.3) is 0 Å². The maximum Gasteiger partial charge on any atom is 0.229 e. The van der Waals surface area contributed by atoms with Crippen LogP contribution in [-0.2, 0) is 0 Å². The molecule has 118 valence electrons. The summed E-state index contributed by atoms with van der Waals surface area (Å²) in [4.78, 5) is 4.76. The number of aromatic nitrogens is 2. The molecule has 2 heterocycles. The minimum Gasteiger partial charge on any atom is -0.339 e. The van der Waals surface area contributed by atoms with Gasteiger partial charge in [0.15, 0.2) is 5.82 Å². The van der Waals surface area contributed by atoms with Crippen LogP contribution in [0.4, 0.5) is 0 Å². The van der Waals surface area contributed by atoms with Crippen molar-refractivity contribution in [2.24, 2.45) is 11.7 Å². The van der Waals surface area contributed by atoms with Gasteiger partial charge in [0.1, 0.15) is 0 Å². The van der Waals surface area contributed by atoms with E-state index in [4.69, 9.17) is 15.2 Å². The van der Waals surface area contributed by atoms with Gasteiger partial charge in [-0.25, -0.2) is 0 Å². The van der Waals surface area contributed by atoms with Gasteiger partial charge in [-0.3, -0.25) is 0 Å². The van der Waals surface area contributed by atoms with Crippen LogP contribution < -0.4 is 5.73 Å². The van der Waals surface area contributed by atoms with Gasteiger partial charge in [0.25, 0.3) is 0 Å². The van der Waals surface area contributed by atoms with Crippen molar-refractivity contribution in [1.82, 2.24) is 10.1 Å². The van der Waals surface area contributed by atoms with Crippen LogP contribution >= 0.6 is 23.5 Å². The summed E-state index contributed by atoms with van der Waals surface area (Å²) in [5.41, 5.74) is 5.76. The van der Waals surface area contributed by atoms with Crippen LogP contribution in [0.1, 0.15) is 61.9 Å². The fourth-order valence-corrected chi connectivity index (χ4v) is 6.30. The van der Waals surface area contributed by atoms with Crippen molar-refractivity contribution in [3.8, 4) is 0 Å². The topological polar surface area (TPSA) is 64.9 Å². The van der Waals surface area contributed by atoms with Gasteiger partial charge in [-0.15, -0.1) is 11.8 Å². The molecule has 6 heteroatoms. The third-order valence-corrected chi connectivity index (χ3v) is 7.94. The van der Waals surface area contributed by atoms with E-state index in [-0.39, 0.29) is 0 Å². The Kier molecular flexibility index (Phi) is 5.51. The predicted molar refractivity (Wildman–Crippen MR) is 89.8 cm³/mol. The van der Waals surface area contributed by atoms with E-state index in [0.717, 1.165) is 31.1 Å². The normalized spacial score (nSPS) is 34.0. The lowest BCUT2D eigenvalue weighted by Gasteiger charge is -2.27. The van der Waals surface area contributed by atoms with Gasteiger partial charge in [-0.1, -0.05) is 12.1 Å². The molecule has 1 saturated carbocycles. The predicted octanol–water partition coefficient (Wildman–Crippen LogP) is 3.60. The minimum absolute atomic E-state index is 0.409. The molecule has 2 atom stereocenters. The molecular weight excluding hydrogens is 302 g/mol. The summed E-state index contributed by atoms with van der Waals surface area (Å²) in [5.74, 6) is 5.38. The molecule has 0 amide bonds. The Morgan fingerprint density at radius 2 is 1.95 bits per heavy atom. The standard InChI is InChI=1S/C15H25N3OS2/c1-2-12-13(21-8-7-20-12)14-17-15(19-18-14)11-5-3-10(9-16)4-6-11/h10-13H,2-9,16H2,1H3. The van der Waals surface area contributed by atoms with E-state index in [1.54, 1.807) is 0 Å². The lowest BCUT2D eigenvalue weighted by molar-refractivity contribution is 0.274. The summed E-state index contributed by atoms with van der Waals surface area (Å²) < 4.78 is 5.60. The number of rotatable bonds is 4. The van der Waals surface area contributed by atoms with E-state index in [9.17, 15) is 0 Å². The van der Waals surface area contributed by atoms with Gasteiger partial charge in [0.05, 0.1) is 5.25 Å². The lowest BCUT2D eigenvalue weighted by atomic mass is 9.82. The minimum atomic E-state index is 0.409. The van der Waals surface area contributed by atoms with Crippen molar-refractivity contribution >= 4 is 23.5 Å². The smallest absolute Gasteiger partial charge is 0.229 e. The molecule has 0 bridgehead atoms. The molecule has 0 spiro atoms. The molecule has 2 fully saturated rings. The monoisotopic (exact) mass is 327 g/mol. The van der Waals surface area contributed by atoms with Crippen molar-refractivity contribution in [2.45, 2.75) is 55.4 Å². The number of thioether (sulfide) groups is 2. The van der Waals surface area contributed by atoms with E-state index in [0.29, 0.717) is 22.3 Å². The van der Waals surface area contributed by atoms with Crippen molar-refractivity contribution in [3.63, 3.8) is 0 Å². The van der Waals surface area contributed by atoms with Crippen LogP contribution in [0.3, 0.4) is 0 Å². The van der Waals surface area contributed by atoms with E-state index >= 15 is 0 Å². The van der Waals surface area contributed by atoms with Crippen LogP contribution in [0, 0.1) is 5.92 Å². The number of hydrogen-bond acceptors (Lipinski definition) is 6. The van der Waals surface area contributed by atoms with Crippen molar-refractivity contribution in [1.29, 1.82) is 0 Å². The quantitative estimate of drug-likeness (QED) is 0.911. The Morgan fingerprint density at radius 1 is 1.19 bits per heavy atom. The summed E-state index contributed by atoms with van der Waals surface area (Å²) in [5, 5.41) is 5.34. The molecule has 1 aliphatic heterocycles. The van der Waals surface area contributed by atoms with Gasteiger partial charge in [0, 0.05) is 22.7 Å². The summed E-state index contributed by atoms with van der Waals surface area (Å²) in [7, 11) is 0. The number of hydrogen-bond donors (Lipinski definition) is 1. The molecule has 2 unspecified atom stereocenters. The highest BCUT2D eigenvalue weighted by atomic mass is 32.2. The Labute approximate surface area is 135 Å². The fourth-order valence-electron chi connectivity index (χ4n) is 3.32. The molecule has 4 nitrogen and oxygen atoms in total. The third-order valence-electron chi connectivity index (χ3n) is 4.69. The van der Waals surface area contributed by atoms with E-state index in [2.05, 4.69) is 23.8 Å². The molecule has 2 aliphatic rings. The molecular formula is C15H25N3OS2. The highest BCUT2D eigenvalue weighted by Gasteiger charge is 2.32. The first-order chi connectivity index (χ1) is 10.3. The van der Waals surface area contributed by atoms with Gasteiger partial charge in [-0.2, -0.15) is 16.7 Å². The first kappa shape index (κ1) is 15.7. The molecule has 2 N–H and O–H groups in total. The zero-order valence-electron chi connectivity index (χ0n) is 12.7. The van der Waals surface area contributed by atoms with Crippen LogP contribution in [0.2, 0.25) is 0 Å². The Balaban J connectivity index is 1.66. The summed E-state index contributed by atoms with van der Waals surface area (Å²) in [6, 6.07) is 0. The van der Waals surface area contributed by atoms with Crippen LogP contribution in [0.15, 0.2) is 4.52 Å². The first-order valence-corrected chi connectivity index (χ1v) is 10.2. The average Bonchev–Trinajstić information content (AvgIpc) is 3.04. The third kappa shape index (κ3) is 3.59. The maximum absolute atomic E-state index is 5.76. The highest BCUT2D eigenvalue weighted by Crippen LogP contribution is 2.43. The summed E-state index contributed by atoms with van der Waals surface area (Å²) in [6.07, 6.45) is 5.86. The van der Waals surface area contributed by atoms with Crippen molar-refractivity contribution in [3.05, 3.63) is 11.7 Å². The highest BCUT2D eigenvalue weighted by molar-refractivity contribution is 8.06. The molecule has 1 aliphatic carbocycles. The average molecular weight is 328 g/mol. The van der Waals surface area contributed by atoms with Crippen LogP contribution in [-0.4, -0.2) is 33.4 Å². The maximum atomic E-state index is 5.76. The largest absolute Gasteiger partial charge is 0.339 e. The van der Waals surface area contributed by atoms with Crippen molar-refractivity contribution in [2.75, 3.05) is 18.1 Å². The molecule has 1 aromatic rings. The van der Waals surface area contributed by atoms with E-state index in [1.165, 1.54) is 30.8 Å². The van der Waals surface area contributed by atoms with Gasteiger partial charge in [-0.05, 0) is 44.6 Å². The van der Waals surface area contributed by atoms with Crippen molar-refractivity contribution < 1.29 is 4.52 Å². The molecule has 0 radical (unpaired) electrons. The Morgan fingerprint density at radius 3 is 2.67 bits per heavy atom. The second-order valence-electron chi connectivity index (χ2n) is 6.05. The van der Waals surface area contributed by atoms with E-state index < -0.39 is 0 Å². The van der Waals surface area contributed by atoms with Crippen LogP contribution in [0.5, 0.6) is 0 Å². The zero-order chi connectivity index (χ0) is 14.7. The lowest BCUT2D eigenvalue weighted by Crippen LogP contribution is -2.21. The summed E-state index contributed by atoms with van der Waals surface area (Å²) in [6.45, 7) is 3.07. The zero-order valence-corrected chi connectivity index (χ0v) is 14.3. The number of nitrogens with two attached hydrogens (primary N) is 1. The molecule has 0 aromatic carbocycles. The fraction of sp³-hybridized carbons (Fsp3) is 0.867.